The normalized spacial score (nSPS) is 10.7. The number of hydrogen-bond donors (Lipinski definition) is 2. The van der Waals surface area contributed by atoms with Gasteiger partial charge in [-0.15, -0.1) is 0 Å². The van der Waals surface area contributed by atoms with Crippen molar-refractivity contribution in [2.24, 2.45) is 0 Å². The highest BCUT2D eigenvalue weighted by Crippen LogP contribution is 2.21. The van der Waals surface area contributed by atoms with Crippen molar-refractivity contribution in [3.05, 3.63) is 88.2 Å². The Balaban J connectivity index is 1.71. The van der Waals surface area contributed by atoms with Crippen LogP contribution in [0.25, 0.3) is 5.69 Å². The van der Waals surface area contributed by atoms with Crippen molar-refractivity contribution in [3.8, 4) is 5.69 Å². The second-order valence-electron chi connectivity index (χ2n) is 6.96. The molecule has 3 aromatic rings. The van der Waals surface area contributed by atoms with Crippen LogP contribution in [0.1, 0.15) is 43.2 Å². The summed E-state index contributed by atoms with van der Waals surface area (Å²) in [6.45, 7) is 6.56. The Labute approximate surface area is 164 Å². The summed E-state index contributed by atoms with van der Waals surface area (Å²) in [5, 5.41) is 12.0. The monoisotopic (exact) mass is 376 g/mol. The number of nitrogens with zero attached hydrogens (tertiary/aromatic N) is 1. The average Bonchev–Trinajstić information content (AvgIpc) is 3.00. The van der Waals surface area contributed by atoms with Crippen LogP contribution in [0.2, 0.25) is 0 Å². The summed E-state index contributed by atoms with van der Waals surface area (Å²) in [7, 11) is 0. The lowest BCUT2D eigenvalue weighted by atomic mass is 10.1. The van der Waals surface area contributed by atoms with Crippen LogP contribution in [0.4, 0.5) is 0 Å². The van der Waals surface area contributed by atoms with Crippen LogP contribution in [-0.4, -0.2) is 28.1 Å². The van der Waals surface area contributed by atoms with E-state index in [1.54, 1.807) is 18.2 Å². The summed E-state index contributed by atoms with van der Waals surface area (Å²) < 4.78 is 2.14. The number of nitrogens with one attached hydrogen (secondary N) is 1. The van der Waals surface area contributed by atoms with Crippen LogP contribution in [0.15, 0.2) is 54.6 Å². The van der Waals surface area contributed by atoms with Gasteiger partial charge < -0.3 is 15.0 Å². The molecule has 0 spiro atoms. The first kappa shape index (κ1) is 19.4. The predicted molar refractivity (Wildman–Crippen MR) is 109 cm³/mol. The van der Waals surface area contributed by atoms with E-state index in [9.17, 15) is 9.59 Å². The Kier molecular flexibility index (Phi) is 5.64. The molecule has 0 unspecified atom stereocenters. The molecule has 5 nitrogen and oxygen atoms in total. The molecule has 0 bridgehead atoms. The second-order valence-corrected chi connectivity index (χ2v) is 6.96. The maximum atomic E-state index is 12.6. The molecule has 1 heterocycles. The van der Waals surface area contributed by atoms with Crippen LogP contribution in [0.3, 0.4) is 0 Å². The Hall–Kier alpha value is -3.34. The van der Waals surface area contributed by atoms with Crippen molar-refractivity contribution in [1.82, 2.24) is 9.88 Å². The van der Waals surface area contributed by atoms with Gasteiger partial charge in [-0.25, -0.2) is 4.79 Å². The highest BCUT2D eigenvalue weighted by atomic mass is 16.4. The molecule has 0 atom stereocenters. The SMILES string of the molecule is Cc1ccc(C(=O)NCCc2cccc(C(=O)O)c2)cc1-n1c(C)ccc1C. The van der Waals surface area contributed by atoms with E-state index in [-0.39, 0.29) is 11.5 Å². The van der Waals surface area contributed by atoms with E-state index < -0.39 is 5.97 Å². The van der Waals surface area contributed by atoms with Crippen LogP contribution in [0, 0.1) is 20.8 Å². The van der Waals surface area contributed by atoms with Crippen molar-refractivity contribution in [1.29, 1.82) is 0 Å². The molecule has 2 aromatic carbocycles. The number of carbonyl (C=O) groups is 2. The Morgan fingerprint density at radius 1 is 0.929 bits per heavy atom. The van der Waals surface area contributed by atoms with E-state index in [4.69, 9.17) is 5.11 Å². The van der Waals surface area contributed by atoms with Gasteiger partial charge in [0.15, 0.2) is 0 Å². The first-order valence-electron chi connectivity index (χ1n) is 9.23. The van der Waals surface area contributed by atoms with Crippen molar-refractivity contribution in [3.63, 3.8) is 0 Å². The standard InChI is InChI=1S/C23H24N2O3/c1-15-7-10-19(14-21(15)25-16(2)8-9-17(25)3)22(26)24-12-11-18-5-4-6-20(13-18)23(27)28/h4-10,13-14H,11-12H2,1-3H3,(H,24,26)(H,27,28). The third kappa shape index (κ3) is 4.14. The fourth-order valence-corrected chi connectivity index (χ4v) is 3.32. The van der Waals surface area contributed by atoms with Crippen LogP contribution < -0.4 is 5.32 Å². The number of hydrogen-bond acceptors (Lipinski definition) is 2. The lowest BCUT2D eigenvalue weighted by Gasteiger charge is -2.14. The smallest absolute Gasteiger partial charge is 0.335 e. The third-order valence-electron chi connectivity index (χ3n) is 4.86. The molecule has 1 amide bonds. The Bertz CT molecular complexity index is 1010. The molecule has 0 aliphatic carbocycles. The molecule has 0 fully saturated rings. The Morgan fingerprint density at radius 2 is 1.64 bits per heavy atom. The van der Waals surface area contributed by atoms with Gasteiger partial charge in [0, 0.05) is 29.2 Å². The lowest BCUT2D eigenvalue weighted by Crippen LogP contribution is -2.26. The first-order valence-corrected chi connectivity index (χ1v) is 9.23. The number of carbonyl (C=O) groups excluding carboxylic acids is 1. The molecular weight excluding hydrogens is 352 g/mol. The number of aromatic nitrogens is 1. The van der Waals surface area contributed by atoms with E-state index in [1.807, 2.05) is 45.0 Å². The van der Waals surface area contributed by atoms with Crippen molar-refractivity contribution in [2.75, 3.05) is 6.54 Å². The zero-order valence-electron chi connectivity index (χ0n) is 16.3. The summed E-state index contributed by atoms with van der Waals surface area (Å²) in [4.78, 5) is 23.7. The quantitative estimate of drug-likeness (QED) is 0.681. The zero-order valence-corrected chi connectivity index (χ0v) is 16.3. The second kappa shape index (κ2) is 8.13. The summed E-state index contributed by atoms with van der Waals surface area (Å²) in [5.41, 5.74) is 6.08. The van der Waals surface area contributed by atoms with E-state index >= 15 is 0 Å². The van der Waals surface area contributed by atoms with Gasteiger partial charge >= 0.3 is 5.97 Å². The van der Waals surface area contributed by atoms with Crippen LogP contribution >= 0.6 is 0 Å². The summed E-state index contributed by atoms with van der Waals surface area (Å²) in [5.74, 6) is -1.09. The maximum absolute atomic E-state index is 12.6. The fraction of sp³-hybridized carbons (Fsp3) is 0.217. The molecule has 1 aromatic heterocycles. The lowest BCUT2D eigenvalue weighted by molar-refractivity contribution is 0.0696. The molecule has 3 rings (SSSR count). The minimum absolute atomic E-state index is 0.141. The number of carboxylic acid groups (broad SMARTS) is 1. The van der Waals surface area contributed by atoms with Crippen LogP contribution in [0.5, 0.6) is 0 Å². The van der Waals surface area contributed by atoms with E-state index in [0.29, 0.717) is 18.5 Å². The molecule has 144 valence electrons. The van der Waals surface area contributed by atoms with Gasteiger partial charge in [0.25, 0.3) is 5.91 Å². The number of carboxylic acids is 1. The number of rotatable bonds is 6. The van der Waals surface area contributed by atoms with Gasteiger partial charge in [-0.1, -0.05) is 18.2 Å². The first-order chi connectivity index (χ1) is 13.4. The number of amides is 1. The topological polar surface area (TPSA) is 71.3 Å². The summed E-state index contributed by atoms with van der Waals surface area (Å²) in [6.07, 6.45) is 0.571. The molecule has 0 saturated heterocycles. The van der Waals surface area contributed by atoms with Crippen molar-refractivity contribution < 1.29 is 14.7 Å². The van der Waals surface area contributed by atoms with Gasteiger partial charge in [-0.3, -0.25) is 4.79 Å². The predicted octanol–water partition coefficient (Wildman–Crippen LogP) is 4.07. The third-order valence-corrected chi connectivity index (χ3v) is 4.86. The molecule has 0 radical (unpaired) electrons. The number of aryl methyl sites for hydroxylation is 3. The maximum Gasteiger partial charge on any atom is 0.335 e. The molecule has 28 heavy (non-hydrogen) atoms. The highest BCUT2D eigenvalue weighted by molar-refractivity contribution is 5.95. The zero-order chi connectivity index (χ0) is 20.3. The molecule has 0 saturated carbocycles. The number of aromatic carboxylic acids is 1. The largest absolute Gasteiger partial charge is 0.478 e. The molecule has 0 aliphatic rings. The van der Waals surface area contributed by atoms with Gasteiger partial charge in [-0.2, -0.15) is 0 Å². The Morgan fingerprint density at radius 3 is 2.32 bits per heavy atom. The van der Waals surface area contributed by atoms with E-state index in [1.165, 1.54) is 0 Å². The molecule has 0 aliphatic heterocycles. The highest BCUT2D eigenvalue weighted by Gasteiger charge is 2.12. The minimum Gasteiger partial charge on any atom is -0.478 e. The molecule has 5 heteroatoms. The van der Waals surface area contributed by atoms with Gasteiger partial charge in [0.05, 0.1) is 5.56 Å². The van der Waals surface area contributed by atoms with E-state index in [0.717, 1.165) is 28.2 Å². The minimum atomic E-state index is -0.950. The van der Waals surface area contributed by atoms with E-state index in [2.05, 4.69) is 22.0 Å². The van der Waals surface area contributed by atoms with Crippen molar-refractivity contribution >= 4 is 11.9 Å². The van der Waals surface area contributed by atoms with Gasteiger partial charge in [0.1, 0.15) is 0 Å². The van der Waals surface area contributed by atoms with Crippen LogP contribution in [-0.2, 0) is 6.42 Å². The van der Waals surface area contributed by atoms with Gasteiger partial charge in [-0.05, 0) is 74.7 Å². The number of benzene rings is 2. The summed E-state index contributed by atoms with van der Waals surface area (Å²) >= 11 is 0. The fourth-order valence-electron chi connectivity index (χ4n) is 3.32. The van der Waals surface area contributed by atoms with Gasteiger partial charge in [0.2, 0.25) is 0 Å². The average molecular weight is 376 g/mol. The van der Waals surface area contributed by atoms with Crippen molar-refractivity contribution in [2.45, 2.75) is 27.2 Å². The molecular formula is C23H24N2O3. The summed E-state index contributed by atoms with van der Waals surface area (Å²) in [6, 6.07) is 16.6. The molecule has 2 N–H and O–H groups in total.